The van der Waals surface area contributed by atoms with Crippen molar-refractivity contribution in [3.8, 4) is 0 Å². The predicted octanol–water partition coefficient (Wildman–Crippen LogP) is 3.70. The van der Waals surface area contributed by atoms with E-state index in [9.17, 15) is 8.42 Å². The van der Waals surface area contributed by atoms with E-state index < -0.39 is 10.0 Å². The van der Waals surface area contributed by atoms with E-state index in [0.717, 1.165) is 30.0 Å². The third kappa shape index (κ3) is 3.19. The van der Waals surface area contributed by atoms with Crippen LogP contribution in [0.4, 0.5) is 0 Å². The lowest BCUT2D eigenvalue weighted by Gasteiger charge is -2.17. The number of fused-ring (bicyclic) bond motifs is 1. The molecule has 108 valence electrons. The van der Waals surface area contributed by atoms with Crippen molar-refractivity contribution in [3.63, 3.8) is 0 Å². The van der Waals surface area contributed by atoms with Crippen LogP contribution in [0.3, 0.4) is 0 Å². The first-order valence-corrected chi connectivity index (χ1v) is 8.57. The Bertz CT molecular complexity index is 674. The molecule has 0 saturated carbocycles. The maximum atomic E-state index is 12.6. The first kappa shape index (κ1) is 15.0. The Kier molecular flexibility index (Phi) is 4.78. The highest BCUT2D eigenvalue weighted by Crippen LogP contribution is 2.23. The van der Waals surface area contributed by atoms with Gasteiger partial charge in [-0.2, -0.15) is 0 Å². The number of sulfonamides is 1. The molecule has 1 atom stereocenters. The minimum absolute atomic E-state index is 0.00367. The Morgan fingerprint density at radius 3 is 2.45 bits per heavy atom. The van der Waals surface area contributed by atoms with Gasteiger partial charge in [-0.15, -0.1) is 0 Å². The molecule has 4 heteroatoms. The lowest BCUT2D eigenvalue weighted by atomic mass is 10.1. The third-order valence-electron chi connectivity index (χ3n) is 3.49. The highest BCUT2D eigenvalue weighted by molar-refractivity contribution is 7.89. The average molecular weight is 291 g/mol. The van der Waals surface area contributed by atoms with Crippen molar-refractivity contribution in [2.75, 3.05) is 0 Å². The molecule has 0 aliphatic heterocycles. The van der Waals surface area contributed by atoms with E-state index in [0.29, 0.717) is 4.90 Å². The molecule has 0 saturated heterocycles. The van der Waals surface area contributed by atoms with Gasteiger partial charge in [0.2, 0.25) is 10.0 Å². The third-order valence-corrected chi connectivity index (χ3v) is 5.07. The fourth-order valence-electron chi connectivity index (χ4n) is 2.41. The van der Waals surface area contributed by atoms with E-state index in [-0.39, 0.29) is 6.04 Å². The summed E-state index contributed by atoms with van der Waals surface area (Å²) in [7, 11) is -3.47. The molecule has 2 rings (SSSR count). The summed E-state index contributed by atoms with van der Waals surface area (Å²) >= 11 is 0. The van der Waals surface area contributed by atoms with Gasteiger partial charge in [-0.1, -0.05) is 56.7 Å². The van der Waals surface area contributed by atoms with E-state index >= 15 is 0 Å². The van der Waals surface area contributed by atoms with Gasteiger partial charge in [-0.25, -0.2) is 13.1 Å². The summed E-state index contributed by atoms with van der Waals surface area (Å²) in [5.74, 6) is 0. The van der Waals surface area contributed by atoms with Crippen LogP contribution in [0.2, 0.25) is 0 Å². The van der Waals surface area contributed by atoms with Crippen molar-refractivity contribution < 1.29 is 8.42 Å². The second kappa shape index (κ2) is 6.37. The average Bonchev–Trinajstić information content (AvgIpc) is 2.46. The molecule has 0 heterocycles. The summed E-state index contributed by atoms with van der Waals surface area (Å²) in [4.78, 5) is 0.366. The van der Waals surface area contributed by atoms with Crippen molar-refractivity contribution in [3.05, 3.63) is 42.5 Å². The monoisotopic (exact) mass is 291 g/mol. The molecule has 0 spiro atoms. The smallest absolute Gasteiger partial charge is 0.208 e. The molecule has 0 aliphatic rings. The van der Waals surface area contributed by atoms with E-state index in [1.165, 1.54) is 0 Å². The summed E-state index contributed by atoms with van der Waals surface area (Å²) in [5, 5.41) is 1.72. The largest absolute Gasteiger partial charge is 0.241 e. The number of rotatable bonds is 6. The van der Waals surface area contributed by atoms with Crippen LogP contribution >= 0.6 is 0 Å². The van der Waals surface area contributed by atoms with Gasteiger partial charge in [0.15, 0.2) is 0 Å². The Balaban J connectivity index is 2.41. The van der Waals surface area contributed by atoms with Crippen LogP contribution in [0, 0.1) is 0 Å². The van der Waals surface area contributed by atoms with Crippen LogP contribution in [0.1, 0.15) is 33.1 Å². The van der Waals surface area contributed by atoms with Gasteiger partial charge in [0.25, 0.3) is 0 Å². The molecular weight excluding hydrogens is 270 g/mol. The number of hydrogen-bond acceptors (Lipinski definition) is 2. The Morgan fingerprint density at radius 1 is 1.05 bits per heavy atom. The van der Waals surface area contributed by atoms with Crippen molar-refractivity contribution in [1.82, 2.24) is 4.72 Å². The van der Waals surface area contributed by atoms with Gasteiger partial charge in [0.1, 0.15) is 0 Å². The summed E-state index contributed by atoms with van der Waals surface area (Å²) in [6.45, 7) is 4.07. The number of benzene rings is 2. The fraction of sp³-hybridized carbons (Fsp3) is 0.375. The Morgan fingerprint density at radius 2 is 1.75 bits per heavy atom. The van der Waals surface area contributed by atoms with Gasteiger partial charge < -0.3 is 0 Å². The van der Waals surface area contributed by atoms with Crippen LogP contribution in [-0.4, -0.2) is 14.5 Å². The molecule has 1 N–H and O–H groups in total. The zero-order valence-electron chi connectivity index (χ0n) is 12.0. The molecule has 1 unspecified atom stereocenters. The molecule has 0 radical (unpaired) electrons. The maximum Gasteiger partial charge on any atom is 0.241 e. The van der Waals surface area contributed by atoms with Gasteiger partial charge in [0.05, 0.1) is 4.90 Å². The maximum absolute atomic E-state index is 12.6. The molecule has 3 nitrogen and oxygen atoms in total. The first-order valence-electron chi connectivity index (χ1n) is 7.08. The van der Waals surface area contributed by atoms with Gasteiger partial charge in [-0.05, 0) is 24.3 Å². The molecule has 0 aromatic heterocycles. The summed E-state index contributed by atoms with van der Waals surface area (Å²) < 4.78 is 28.0. The normalized spacial score (nSPS) is 13.5. The van der Waals surface area contributed by atoms with E-state index in [4.69, 9.17) is 0 Å². The van der Waals surface area contributed by atoms with Crippen LogP contribution < -0.4 is 4.72 Å². The van der Waals surface area contributed by atoms with E-state index in [1.807, 2.05) is 37.3 Å². The highest BCUT2D eigenvalue weighted by atomic mass is 32.2. The molecule has 0 amide bonds. The highest BCUT2D eigenvalue weighted by Gasteiger charge is 2.20. The SMILES string of the molecule is CCCC(CC)NS(=O)(=O)c1cccc2ccccc12. The predicted molar refractivity (Wildman–Crippen MR) is 83.3 cm³/mol. The molecule has 0 aliphatic carbocycles. The zero-order valence-corrected chi connectivity index (χ0v) is 12.8. The number of nitrogens with one attached hydrogen (secondary N) is 1. The van der Waals surface area contributed by atoms with Crippen molar-refractivity contribution in [2.24, 2.45) is 0 Å². The molecule has 20 heavy (non-hydrogen) atoms. The van der Waals surface area contributed by atoms with Crippen molar-refractivity contribution in [1.29, 1.82) is 0 Å². The van der Waals surface area contributed by atoms with Crippen LogP contribution in [0.15, 0.2) is 47.4 Å². The van der Waals surface area contributed by atoms with E-state index in [2.05, 4.69) is 11.6 Å². The topological polar surface area (TPSA) is 46.2 Å². The van der Waals surface area contributed by atoms with Gasteiger partial charge in [0, 0.05) is 11.4 Å². The molecule has 0 fully saturated rings. The van der Waals surface area contributed by atoms with Crippen LogP contribution in [0.25, 0.3) is 10.8 Å². The summed E-state index contributed by atoms with van der Waals surface area (Å²) in [5.41, 5.74) is 0. The minimum atomic E-state index is -3.47. The molecular formula is C16H21NO2S. The summed E-state index contributed by atoms with van der Waals surface area (Å²) in [6.07, 6.45) is 2.63. The van der Waals surface area contributed by atoms with Crippen molar-refractivity contribution >= 4 is 20.8 Å². The second-order valence-corrected chi connectivity index (χ2v) is 6.67. The zero-order chi connectivity index (χ0) is 14.6. The standard InChI is InChI=1S/C16H21NO2S/c1-3-8-14(4-2)17-20(18,19)16-12-7-10-13-9-5-6-11-15(13)16/h5-7,9-12,14,17H,3-4,8H2,1-2H3. The molecule has 2 aromatic rings. The van der Waals surface area contributed by atoms with Crippen molar-refractivity contribution in [2.45, 2.75) is 44.0 Å². The lowest BCUT2D eigenvalue weighted by molar-refractivity contribution is 0.513. The second-order valence-electron chi connectivity index (χ2n) is 4.99. The Hall–Kier alpha value is -1.39. The van der Waals surface area contributed by atoms with Gasteiger partial charge >= 0.3 is 0 Å². The summed E-state index contributed by atoms with van der Waals surface area (Å²) in [6, 6.07) is 13.0. The quantitative estimate of drug-likeness (QED) is 0.882. The Labute approximate surface area is 121 Å². The minimum Gasteiger partial charge on any atom is -0.208 e. The molecule has 2 aromatic carbocycles. The molecule has 0 bridgehead atoms. The van der Waals surface area contributed by atoms with E-state index in [1.54, 1.807) is 12.1 Å². The number of hydrogen-bond donors (Lipinski definition) is 1. The van der Waals surface area contributed by atoms with Crippen LogP contribution in [0.5, 0.6) is 0 Å². The van der Waals surface area contributed by atoms with Gasteiger partial charge in [-0.3, -0.25) is 0 Å². The van der Waals surface area contributed by atoms with Crippen LogP contribution in [-0.2, 0) is 10.0 Å². The fourth-order valence-corrected chi connectivity index (χ4v) is 3.99. The first-order chi connectivity index (χ1) is 9.58. The lowest BCUT2D eigenvalue weighted by Crippen LogP contribution is -2.34.